The van der Waals surface area contributed by atoms with Crippen LogP contribution >= 0.6 is 11.3 Å². The van der Waals surface area contributed by atoms with E-state index in [0.717, 1.165) is 41.4 Å². The van der Waals surface area contributed by atoms with Crippen LogP contribution in [0, 0.1) is 23.5 Å². The Hall–Kier alpha value is -1.88. The largest absolute Gasteiger partial charge is 0.490 e. The predicted octanol–water partition coefficient (Wildman–Crippen LogP) is 7.33. The first-order chi connectivity index (χ1) is 13.6. The summed E-state index contributed by atoms with van der Waals surface area (Å²) in [6, 6.07) is 6.97. The summed E-state index contributed by atoms with van der Waals surface area (Å²) in [6.07, 6.45) is 5.73. The van der Waals surface area contributed by atoms with Gasteiger partial charge in [0.2, 0.25) is 0 Å². The fourth-order valence-electron chi connectivity index (χ4n) is 3.76. The third-order valence-corrected chi connectivity index (χ3v) is 6.99. The first-order valence-corrected chi connectivity index (χ1v) is 11.0. The molecule has 0 amide bonds. The Labute approximate surface area is 168 Å². The van der Waals surface area contributed by atoms with Crippen LogP contribution in [-0.4, -0.2) is 13.2 Å². The molecule has 0 saturated heterocycles. The van der Waals surface area contributed by atoms with Gasteiger partial charge in [0.1, 0.15) is 0 Å². The van der Waals surface area contributed by atoms with Crippen molar-refractivity contribution in [3.8, 4) is 11.5 Å². The molecule has 1 fully saturated rings. The lowest BCUT2D eigenvalue weighted by atomic mass is 10.1. The first kappa shape index (κ1) is 19.4. The minimum absolute atomic E-state index is 0.234. The van der Waals surface area contributed by atoms with E-state index in [0.29, 0.717) is 34.4 Å². The molecular formula is C23H26F2O2S. The second-order valence-electron chi connectivity index (χ2n) is 7.90. The summed E-state index contributed by atoms with van der Waals surface area (Å²) in [5, 5.41) is 1.44. The molecule has 0 unspecified atom stereocenters. The Balaban J connectivity index is 1.64. The molecule has 1 atom stereocenters. The van der Waals surface area contributed by atoms with Crippen molar-refractivity contribution in [3.05, 3.63) is 35.9 Å². The smallest absolute Gasteiger partial charge is 0.182 e. The maximum Gasteiger partial charge on any atom is 0.182 e. The average molecular weight is 405 g/mol. The molecule has 0 aliphatic heterocycles. The van der Waals surface area contributed by atoms with E-state index in [1.807, 2.05) is 12.1 Å². The van der Waals surface area contributed by atoms with E-state index < -0.39 is 11.6 Å². The van der Waals surface area contributed by atoms with Gasteiger partial charge in [0.15, 0.2) is 23.1 Å². The van der Waals surface area contributed by atoms with E-state index in [-0.39, 0.29) is 11.5 Å². The van der Waals surface area contributed by atoms with E-state index in [2.05, 4.69) is 13.8 Å². The van der Waals surface area contributed by atoms with Crippen LogP contribution in [0.4, 0.5) is 8.78 Å². The monoisotopic (exact) mass is 404 g/mol. The van der Waals surface area contributed by atoms with E-state index in [9.17, 15) is 4.39 Å². The summed E-state index contributed by atoms with van der Waals surface area (Å²) >= 11 is 1.13. The van der Waals surface area contributed by atoms with Gasteiger partial charge in [0.05, 0.1) is 22.6 Å². The van der Waals surface area contributed by atoms with E-state index in [1.54, 1.807) is 12.1 Å². The van der Waals surface area contributed by atoms with Gasteiger partial charge in [-0.15, -0.1) is 11.3 Å². The van der Waals surface area contributed by atoms with Gasteiger partial charge in [-0.05, 0) is 48.9 Å². The number of rotatable bonds is 7. The van der Waals surface area contributed by atoms with Crippen molar-refractivity contribution in [1.29, 1.82) is 0 Å². The summed E-state index contributed by atoms with van der Waals surface area (Å²) in [7, 11) is 0. The van der Waals surface area contributed by atoms with Crippen LogP contribution in [0.1, 0.15) is 46.0 Å². The molecule has 4 rings (SSSR count). The molecule has 1 aromatic heterocycles. The van der Waals surface area contributed by atoms with Crippen LogP contribution in [0.2, 0.25) is 0 Å². The molecule has 1 aliphatic rings. The normalized spacial score (nSPS) is 16.1. The van der Waals surface area contributed by atoms with E-state index in [1.165, 1.54) is 12.8 Å². The van der Waals surface area contributed by atoms with E-state index >= 15 is 4.39 Å². The summed E-state index contributed by atoms with van der Waals surface area (Å²) in [6.45, 7) is 5.17. The van der Waals surface area contributed by atoms with Gasteiger partial charge in [0.25, 0.3) is 0 Å². The van der Waals surface area contributed by atoms with Crippen molar-refractivity contribution in [2.24, 2.45) is 11.8 Å². The van der Waals surface area contributed by atoms with Gasteiger partial charge in [-0.1, -0.05) is 33.1 Å². The van der Waals surface area contributed by atoms with Crippen molar-refractivity contribution in [2.75, 3.05) is 13.2 Å². The first-order valence-electron chi connectivity index (χ1n) is 10.2. The lowest BCUT2D eigenvalue weighted by Gasteiger charge is -2.12. The van der Waals surface area contributed by atoms with Crippen molar-refractivity contribution in [2.45, 2.75) is 46.0 Å². The number of hydrogen-bond donors (Lipinski definition) is 0. The SMILES string of the molecule is CC[C@H](C)COc1ccc2c(sc3c(F)c(OCC4CCCC4)ccc32)c1F. The van der Waals surface area contributed by atoms with Gasteiger partial charge >= 0.3 is 0 Å². The molecule has 2 aromatic carbocycles. The molecule has 3 aromatic rings. The highest BCUT2D eigenvalue weighted by Crippen LogP contribution is 2.42. The highest BCUT2D eigenvalue weighted by Gasteiger charge is 2.20. The molecular weight excluding hydrogens is 378 g/mol. The number of halogens is 2. The summed E-state index contributed by atoms with van der Waals surface area (Å²) in [5.74, 6) is 0.569. The van der Waals surface area contributed by atoms with Crippen LogP contribution < -0.4 is 9.47 Å². The zero-order valence-corrected chi connectivity index (χ0v) is 17.2. The Morgan fingerprint density at radius 2 is 1.54 bits per heavy atom. The number of benzene rings is 2. The number of fused-ring (bicyclic) bond motifs is 3. The van der Waals surface area contributed by atoms with Crippen LogP contribution in [-0.2, 0) is 0 Å². The average Bonchev–Trinajstić information content (AvgIpc) is 3.35. The van der Waals surface area contributed by atoms with Gasteiger partial charge in [-0.2, -0.15) is 0 Å². The summed E-state index contributed by atoms with van der Waals surface area (Å²) in [4.78, 5) is 0. The Morgan fingerprint density at radius 1 is 0.964 bits per heavy atom. The van der Waals surface area contributed by atoms with Crippen molar-refractivity contribution in [3.63, 3.8) is 0 Å². The third kappa shape index (κ3) is 3.69. The third-order valence-electron chi connectivity index (χ3n) is 5.79. The minimum atomic E-state index is -0.408. The van der Waals surface area contributed by atoms with Crippen molar-refractivity contribution < 1.29 is 18.3 Å². The summed E-state index contributed by atoms with van der Waals surface area (Å²) in [5.41, 5.74) is 0. The highest BCUT2D eigenvalue weighted by molar-refractivity contribution is 7.25. The van der Waals surface area contributed by atoms with Crippen LogP contribution in [0.5, 0.6) is 11.5 Å². The second kappa shape index (κ2) is 8.24. The molecule has 150 valence electrons. The second-order valence-corrected chi connectivity index (χ2v) is 8.92. The maximum atomic E-state index is 15.0. The maximum absolute atomic E-state index is 15.0. The molecule has 1 saturated carbocycles. The Kier molecular flexibility index (Phi) is 5.72. The topological polar surface area (TPSA) is 18.5 Å². The highest BCUT2D eigenvalue weighted by atomic mass is 32.1. The number of thiophene rings is 1. The van der Waals surface area contributed by atoms with Gasteiger partial charge in [0, 0.05) is 10.8 Å². The molecule has 5 heteroatoms. The summed E-state index contributed by atoms with van der Waals surface area (Å²) < 4.78 is 42.3. The molecule has 1 heterocycles. The van der Waals surface area contributed by atoms with Crippen LogP contribution in [0.15, 0.2) is 24.3 Å². The standard InChI is InChI=1S/C23H26F2O2S/c1-3-14(2)12-26-18-10-8-16-17-9-11-19(27-13-15-6-4-5-7-15)21(25)23(17)28-22(16)20(18)24/h8-11,14-15H,3-7,12-13H2,1-2H3/t14-/m0/s1. The predicted molar refractivity (Wildman–Crippen MR) is 112 cm³/mol. The van der Waals surface area contributed by atoms with Gasteiger partial charge in [-0.3, -0.25) is 0 Å². The van der Waals surface area contributed by atoms with Crippen LogP contribution in [0.25, 0.3) is 20.2 Å². The molecule has 0 radical (unpaired) electrons. The quantitative estimate of drug-likeness (QED) is 0.410. The minimum Gasteiger partial charge on any atom is -0.490 e. The molecule has 0 spiro atoms. The van der Waals surface area contributed by atoms with E-state index in [4.69, 9.17) is 9.47 Å². The Morgan fingerprint density at radius 3 is 2.11 bits per heavy atom. The fraction of sp³-hybridized carbons (Fsp3) is 0.478. The molecule has 0 N–H and O–H groups in total. The molecule has 2 nitrogen and oxygen atoms in total. The lowest BCUT2D eigenvalue weighted by Crippen LogP contribution is -2.08. The molecule has 1 aliphatic carbocycles. The Bertz CT molecular complexity index is 976. The number of hydrogen-bond acceptors (Lipinski definition) is 3. The van der Waals surface area contributed by atoms with Gasteiger partial charge < -0.3 is 9.47 Å². The molecule has 0 bridgehead atoms. The lowest BCUT2D eigenvalue weighted by molar-refractivity contribution is 0.243. The fourth-order valence-corrected chi connectivity index (χ4v) is 4.92. The van der Waals surface area contributed by atoms with Gasteiger partial charge in [-0.25, -0.2) is 8.78 Å². The van der Waals surface area contributed by atoms with Crippen molar-refractivity contribution >= 4 is 31.5 Å². The van der Waals surface area contributed by atoms with Crippen LogP contribution in [0.3, 0.4) is 0 Å². The zero-order valence-electron chi connectivity index (χ0n) is 16.4. The van der Waals surface area contributed by atoms with Crippen molar-refractivity contribution in [1.82, 2.24) is 0 Å². The molecule has 28 heavy (non-hydrogen) atoms. The zero-order chi connectivity index (χ0) is 19.7. The number of ether oxygens (including phenoxy) is 2.